The highest BCUT2D eigenvalue weighted by Crippen LogP contribution is 2.37. The fraction of sp³-hybridized carbons (Fsp3) is 0.524. The van der Waals surface area contributed by atoms with E-state index < -0.39 is 23.8 Å². The van der Waals surface area contributed by atoms with Crippen molar-refractivity contribution < 1.29 is 19.2 Å². The summed E-state index contributed by atoms with van der Waals surface area (Å²) in [5.41, 5.74) is 7.56. The maximum Gasteiger partial charge on any atom is 0.262 e. The van der Waals surface area contributed by atoms with E-state index in [1.54, 1.807) is 12.1 Å². The number of nitrogens with two attached hydrogens (primary N) is 1. The molecule has 4 amide bonds. The average Bonchev–Trinajstić information content (AvgIpc) is 3.09. The molecule has 0 spiro atoms. The molecule has 0 saturated carbocycles. The van der Waals surface area contributed by atoms with Crippen molar-refractivity contribution in [1.82, 2.24) is 15.1 Å². The van der Waals surface area contributed by atoms with Gasteiger partial charge in [-0.2, -0.15) is 0 Å². The van der Waals surface area contributed by atoms with Gasteiger partial charge >= 0.3 is 0 Å². The lowest BCUT2D eigenvalue weighted by Gasteiger charge is -2.32. The molecule has 2 saturated heterocycles. The Labute approximate surface area is 169 Å². The highest BCUT2D eigenvalue weighted by molar-refractivity contribution is 6.24. The summed E-state index contributed by atoms with van der Waals surface area (Å²) in [7, 11) is 0. The van der Waals surface area contributed by atoms with Crippen molar-refractivity contribution in [3.05, 3.63) is 34.9 Å². The molecule has 2 unspecified atom stereocenters. The van der Waals surface area contributed by atoms with E-state index in [0.717, 1.165) is 23.4 Å². The smallest absolute Gasteiger partial charge is 0.262 e. The summed E-state index contributed by atoms with van der Waals surface area (Å²) in [4.78, 5) is 53.1. The quantitative estimate of drug-likeness (QED) is 0.720. The van der Waals surface area contributed by atoms with Crippen LogP contribution in [-0.2, 0) is 16.1 Å². The first-order chi connectivity index (χ1) is 13.7. The lowest BCUT2D eigenvalue weighted by Crippen LogP contribution is -2.54. The molecule has 1 aromatic rings. The van der Waals surface area contributed by atoms with E-state index in [0.29, 0.717) is 24.2 Å². The van der Waals surface area contributed by atoms with Gasteiger partial charge in [-0.05, 0) is 36.4 Å². The van der Waals surface area contributed by atoms with Crippen LogP contribution in [0, 0.1) is 5.41 Å². The standard InChI is InChI=1S/C21H26N4O4/c1-21(2)8-9-24(15(21)10-22)11-12-4-3-5-13-17(12)20(29)25(19(13)28)14-6-7-16(26)23-18(14)27/h3-5,14-15H,6-11,22H2,1-2H3,(H,23,26,27). The van der Waals surface area contributed by atoms with E-state index >= 15 is 0 Å². The number of piperidine rings is 1. The number of nitrogens with zero attached hydrogens (tertiary/aromatic N) is 2. The van der Waals surface area contributed by atoms with Crippen LogP contribution >= 0.6 is 0 Å². The minimum absolute atomic E-state index is 0.0886. The van der Waals surface area contributed by atoms with E-state index in [1.807, 2.05) is 6.07 Å². The van der Waals surface area contributed by atoms with Crippen LogP contribution in [0.25, 0.3) is 0 Å². The van der Waals surface area contributed by atoms with Gasteiger partial charge in [-0.25, -0.2) is 0 Å². The summed E-state index contributed by atoms with van der Waals surface area (Å²) in [6, 6.07) is 4.49. The Morgan fingerprint density at radius 2 is 1.93 bits per heavy atom. The molecule has 3 heterocycles. The van der Waals surface area contributed by atoms with Crippen LogP contribution in [0.2, 0.25) is 0 Å². The van der Waals surface area contributed by atoms with E-state index in [1.165, 1.54) is 0 Å². The van der Waals surface area contributed by atoms with Crippen LogP contribution in [0.1, 0.15) is 59.4 Å². The predicted octanol–water partition coefficient (Wildman–Crippen LogP) is 0.647. The lowest BCUT2D eigenvalue weighted by molar-refractivity contribution is -0.136. The van der Waals surface area contributed by atoms with Gasteiger partial charge in [0.05, 0.1) is 11.1 Å². The third kappa shape index (κ3) is 3.16. The summed E-state index contributed by atoms with van der Waals surface area (Å²) >= 11 is 0. The van der Waals surface area contributed by atoms with Gasteiger partial charge in [-0.3, -0.25) is 34.3 Å². The summed E-state index contributed by atoms with van der Waals surface area (Å²) < 4.78 is 0. The number of amides is 4. The van der Waals surface area contributed by atoms with Gasteiger partial charge < -0.3 is 5.73 Å². The number of rotatable bonds is 4. The van der Waals surface area contributed by atoms with E-state index in [-0.39, 0.29) is 30.2 Å². The first-order valence-electron chi connectivity index (χ1n) is 10.0. The largest absolute Gasteiger partial charge is 0.329 e. The van der Waals surface area contributed by atoms with Crippen LogP contribution in [0.3, 0.4) is 0 Å². The van der Waals surface area contributed by atoms with Gasteiger partial charge in [-0.15, -0.1) is 0 Å². The maximum atomic E-state index is 13.2. The molecule has 4 rings (SSSR count). The van der Waals surface area contributed by atoms with E-state index in [4.69, 9.17) is 5.73 Å². The van der Waals surface area contributed by atoms with Crippen molar-refractivity contribution in [2.24, 2.45) is 11.1 Å². The van der Waals surface area contributed by atoms with E-state index in [9.17, 15) is 19.2 Å². The maximum absolute atomic E-state index is 13.2. The predicted molar refractivity (Wildman–Crippen MR) is 105 cm³/mol. The Balaban J connectivity index is 1.63. The Kier molecular flexibility index (Phi) is 4.78. The number of carbonyl (C=O) groups excluding carboxylic acids is 4. The molecule has 0 bridgehead atoms. The van der Waals surface area contributed by atoms with Crippen LogP contribution in [0.4, 0.5) is 0 Å². The molecule has 0 aromatic heterocycles. The number of likely N-dealkylation sites (tertiary alicyclic amines) is 1. The number of carbonyl (C=O) groups is 4. The van der Waals surface area contributed by atoms with Crippen LogP contribution < -0.4 is 11.1 Å². The van der Waals surface area contributed by atoms with Gasteiger partial charge in [0.15, 0.2) is 0 Å². The minimum atomic E-state index is -0.949. The first-order valence-corrected chi connectivity index (χ1v) is 10.0. The molecular weight excluding hydrogens is 372 g/mol. The third-order valence-electron chi connectivity index (χ3n) is 6.54. The second kappa shape index (κ2) is 7.03. The Bertz CT molecular complexity index is 910. The Morgan fingerprint density at radius 1 is 1.17 bits per heavy atom. The number of fused-ring (bicyclic) bond motifs is 1. The molecule has 3 aliphatic heterocycles. The number of benzene rings is 1. The van der Waals surface area contributed by atoms with Crippen molar-refractivity contribution in [2.45, 2.75) is 51.7 Å². The number of hydrogen-bond acceptors (Lipinski definition) is 6. The summed E-state index contributed by atoms with van der Waals surface area (Å²) in [6.45, 7) is 6.31. The second-order valence-electron chi connectivity index (χ2n) is 8.75. The third-order valence-corrected chi connectivity index (χ3v) is 6.54. The monoisotopic (exact) mass is 398 g/mol. The van der Waals surface area contributed by atoms with Crippen LogP contribution in [-0.4, -0.2) is 58.6 Å². The lowest BCUT2D eigenvalue weighted by atomic mass is 9.85. The van der Waals surface area contributed by atoms with Crippen LogP contribution in [0.15, 0.2) is 18.2 Å². The molecule has 8 nitrogen and oxygen atoms in total. The SMILES string of the molecule is CC1(C)CCN(Cc2cccc3c2C(=O)N(C2CCC(=O)NC2=O)C3=O)C1CN. The summed E-state index contributed by atoms with van der Waals surface area (Å²) in [5, 5.41) is 2.22. The highest BCUT2D eigenvalue weighted by Gasteiger charge is 2.46. The van der Waals surface area contributed by atoms with Gasteiger partial charge in [0, 0.05) is 25.6 Å². The summed E-state index contributed by atoms with van der Waals surface area (Å²) in [6.07, 6.45) is 1.28. The van der Waals surface area contributed by atoms with Crippen LogP contribution in [0.5, 0.6) is 0 Å². The van der Waals surface area contributed by atoms with Crippen molar-refractivity contribution in [1.29, 1.82) is 0 Å². The molecule has 0 aliphatic carbocycles. The normalized spacial score (nSPS) is 26.8. The Morgan fingerprint density at radius 3 is 2.62 bits per heavy atom. The zero-order chi connectivity index (χ0) is 20.9. The molecule has 8 heteroatoms. The molecular formula is C21H26N4O4. The van der Waals surface area contributed by atoms with Gasteiger partial charge in [0.1, 0.15) is 6.04 Å². The second-order valence-corrected chi connectivity index (χ2v) is 8.75. The Hall–Kier alpha value is -2.58. The molecule has 0 radical (unpaired) electrons. The first kappa shape index (κ1) is 19.7. The van der Waals surface area contributed by atoms with Gasteiger partial charge in [0.25, 0.3) is 11.8 Å². The summed E-state index contributed by atoms with van der Waals surface area (Å²) in [5.74, 6) is -1.91. The number of imide groups is 2. The number of nitrogens with one attached hydrogen (secondary N) is 1. The van der Waals surface area contributed by atoms with Crippen molar-refractivity contribution in [2.75, 3.05) is 13.1 Å². The number of hydrogen-bond donors (Lipinski definition) is 2. The molecule has 2 atom stereocenters. The molecule has 2 fully saturated rings. The molecule has 29 heavy (non-hydrogen) atoms. The average molecular weight is 398 g/mol. The molecule has 3 N–H and O–H groups in total. The topological polar surface area (TPSA) is 113 Å². The zero-order valence-electron chi connectivity index (χ0n) is 16.7. The van der Waals surface area contributed by atoms with E-state index in [2.05, 4.69) is 24.1 Å². The fourth-order valence-corrected chi connectivity index (χ4v) is 4.84. The van der Waals surface area contributed by atoms with Crippen molar-refractivity contribution in [3.8, 4) is 0 Å². The molecule has 1 aromatic carbocycles. The zero-order valence-corrected chi connectivity index (χ0v) is 16.7. The van der Waals surface area contributed by atoms with Gasteiger partial charge in [-0.1, -0.05) is 26.0 Å². The van der Waals surface area contributed by atoms with Crippen molar-refractivity contribution in [3.63, 3.8) is 0 Å². The molecule has 3 aliphatic rings. The van der Waals surface area contributed by atoms with Crippen molar-refractivity contribution >= 4 is 23.6 Å². The molecule has 154 valence electrons. The minimum Gasteiger partial charge on any atom is -0.329 e. The highest BCUT2D eigenvalue weighted by atomic mass is 16.2. The van der Waals surface area contributed by atoms with Gasteiger partial charge in [0.2, 0.25) is 11.8 Å². The fourth-order valence-electron chi connectivity index (χ4n) is 4.84.